The van der Waals surface area contributed by atoms with Gasteiger partial charge in [0.1, 0.15) is 6.10 Å². The lowest BCUT2D eigenvalue weighted by atomic mass is 10.1. The number of hydrogen-bond acceptors (Lipinski definition) is 7. The normalized spacial score (nSPS) is 18.0. The summed E-state index contributed by atoms with van der Waals surface area (Å²) < 4.78 is 14.7. The van der Waals surface area contributed by atoms with Crippen molar-refractivity contribution in [2.24, 2.45) is 0 Å². The lowest BCUT2D eigenvalue weighted by Crippen LogP contribution is -2.39. The van der Waals surface area contributed by atoms with Crippen molar-refractivity contribution in [2.75, 3.05) is 33.4 Å². The molecule has 0 aliphatic carbocycles. The summed E-state index contributed by atoms with van der Waals surface area (Å²) in [6.45, 7) is 4.35. The molecule has 0 N–H and O–H groups in total. The van der Waals surface area contributed by atoms with Gasteiger partial charge in [-0.05, 0) is 34.2 Å². The number of hydrogen-bond donors (Lipinski definition) is 0. The Hall–Kier alpha value is -2.62. The summed E-state index contributed by atoms with van der Waals surface area (Å²) in [7, 11) is 1.67. The molecule has 1 unspecified atom stereocenters. The highest BCUT2D eigenvalue weighted by Gasteiger charge is 2.26. The first kappa shape index (κ1) is 17.8. The Morgan fingerprint density at radius 3 is 2.93 bits per heavy atom. The smallest absolute Gasteiger partial charge is 0.181 e. The third kappa shape index (κ3) is 4.21. The monoisotopic (exact) mass is 369 g/mol. The number of methoxy groups -OCH3 is 1. The molecule has 2 aromatic heterocycles. The summed E-state index contributed by atoms with van der Waals surface area (Å²) in [6, 6.07) is 10.4. The number of nitrogens with zero attached hydrogens (tertiary/aromatic N) is 7. The number of rotatable bonds is 7. The van der Waals surface area contributed by atoms with Gasteiger partial charge in [-0.25, -0.2) is 9.36 Å². The van der Waals surface area contributed by atoms with Crippen LogP contribution in [0.15, 0.2) is 42.7 Å². The van der Waals surface area contributed by atoms with E-state index in [0.717, 1.165) is 31.1 Å². The van der Waals surface area contributed by atoms with Crippen molar-refractivity contribution in [3.8, 4) is 5.69 Å². The maximum absolute atomic E-state index is 5.92. The molecule has 3 aromatic rings. The molecule has 1 fully saturated rings. The lowest BCUT2D eigenvalue weighted by Gasteiger charge is -2.32. The van der Waals surface area contributed by atoms with Gasteiger partial charge in [0.15, 0.2) is 5.82 Å². The Kier molecular flexibility index (Phi) is 5.52. The Morgan fingerprint density at radius 1 is 1.26 bits per heavy atom. The van der Waals surface area contributed by atoms with Gasteiger partial charge in [0.2, 0.25) is 0 Å². The molecule has 1 aliphatic rings. The second-order valence-corrected chi connectivity index (χ2v) is 6.46. The number of tetrazole rings is 1. The highest BCUT2D eigenvalue weighted by Crippen LogP contribution is 2.21. The molecular weight excluding hydrogens is 346 g/mol. The van der Waals surface area contributed by atoms with E-state index in [9.17, 15) is 0 Å². The fourth-order valence-corrected chi connectivity index (χ4v) is 3.22. The topological polar surface area (TPSA) is 83.1 Å². The minimum Gasteiger partial charge on any atom is -0.383 e. The molecule has 9 nitrogen and oxygen atoms in total. The van der Waals surface area contributed by atoms with Crippen molar-refractivity contribution in [1.29, 1.82) is 0 Å². The molecular formula is C18H23N7O2. The van der Waals surface area contributed by atoms with E-state index in [1.807, 2.05) is 16.9 Å². The van der Waals surface area contributed by atoms with Gasteiger partial charge in [-0.2, -0.15) is 5.10 Å². The average molecular weight is 369 g/mol. The minimum absolute atomic E-state index is 0.131. The summed E-state index contributed by atoms with van der Waals surface area (Å²) in [6.07, 6.45) is 3.59. The van der Waals surface area contributed by atoms with Gasteiger partial charge in [0, 0.05) is 39.1 Å². The van der Waals surface area contributed by atoms with Crippen molar-refractivity contribution in [3.63, 3.8) is 0 Å². The zero-order valence-corrected chi connectivity index (χ0v) is 15.3. The highest BCUT2D eigenvalue weighted by atomic mass is 16.5. The molecule has 1 atom stereocenters. The summed E-state index contributed by atoms with van der Waals surface area (Å²) in [5.41, 5.74) is 2.31. The fourth-order valence-electron chi connectivity index (χ4n) is 3.22. The molecule has 0 bridgehead atoms. The van der Waals surface area contributed by atoms with Crippen LogP contribution >= 0.6 is 0 Å². The second kappa shape index (κ2) is 8.38. The van der Waals surface area contributed by atoms with Crippen molar-refractivity contribution in [2.45, 2.75) is 19.2 Å². The van der Waals surface area contributed by atoms with E-state index in [1.165, 1.54) is 5.56 Å². The van der Waals surface area contributed by atoms with Gasteiger partial charge in [0.25, 0.3) is 0 Å². The molecule has 3 heterocycles. The Bertz CT molecular complexity index is 832. The maximum Gasteiger partial charge on any atom is 0.181 e. The van der Waals surface area contributed by atoms with E-state index in [1.54, 1.807) is 18.0 Å². The average Bonchev–Trinajstić information content (AvgIpc) is 3.39. The van der Waals surface area contributed by atoms with E-state index < -0.39 is 0 Å². The first-order valence-electron chi connectivity index (χ1n) is 9.01. The van der Waals surface area contributed by atoms with Crippen LogP contribution in [-0.2, 0) is 22.6 Å². The quantitative estimate of drug-likeness (QED) is 0.616. The van der Waals surface area contributed by atoms with Crippen LogP contribution in [0, 0.1) is 0 Å². The second-order valence-electron chi connectivity index (χ2n) is 6.46. The lowest BCUT2D eigenvalue weighted by molar-refractivity contribution is -0.0396. The molecule has 1 aliphatic heterocycles. The van der Waals surface area contributed by atoms with Gasteiger partial charge in [0.05, 0.1) is 25.4 Å². The molecule has 0 saturated carbocycles. The third-order valence-corrected chi connectivity index (χ3v) is 4.62. The van der Waals surface area contributed by atoms with E-state index in [4.69, 9.17) is 9.47 Å². The van der Waals surface area contributed by atoms with Crippen LogP contribution in [0.4, 0.5) is 0 Å². The molecule has 1 aromatic carbocycles. The molecule has 142 valence electrons. The van der Waals surface area contributed by atoms with Gasteiger partial charge < -0.3 is 9.47 Å². The number of aromatic nitrogens is 6. The summed E-state index contributed by atoms with van der Waals surface area (Å²) >= 11 is 0. The number of benzene rings is 1. The maximum atomic E-state index is 5.92. The van der Waals surface area contributed by atoms with Crippen molar-refractivity contribution >= 4 is 0 Å². The van der Waals surface area contributed by atoms with Crippen LogP contribution in [0.3, 0.4) is 0 Å². The van der Waals surface area contributed by atoms with Crippen LogP contribution in [0.1, 0.15) is 17.5 Å². The van der Waals surface area contributed by atoms with E-state index in [2.05, 4.69) is 49.8 Å². The summed E-state index contributed by atoms with van der Waals surface area (Å²) in [4.78, 5) is 2.37. The van der Waals surface area contributed by atoms with Crippen molar-refractivity contribution in [3.05, 3.63) is 54.1 Å². The summed E-state index contributed by atoms with van der Waals surface area (Å²) in [5.74, 6) is 0.755. The zero-order chi connectivity index (χ0) is 18.5. The Labute approximate surface area is 157 Å². The van der Waals surface area contributed by atoms with Crippen molar-refractivity contribution < 1.29 is 9.47 Å². The standard InChI is InChI=1S/C18H23N7O2/c1-26-11-10-25-18(20-21-22-25)17-14-23(9-12-27-17)13-15-3-5-16(6-4-15)24-8-2-7-19-24/h2-8,17H,9-14H2,1H3. The van der Waals surface area contributed by atoms with E-state index in [-0.39, 0.29) is 6.10 Å². The highest BCUT2D eigenvalue weighted by molar-refractivity contribution is 5.33. The predicted octanol–water partition coefficient (Wildman–Crippen LogP) is 1.08. The molecule has 9 heteroatoms. The SMILES string of the molecule is COCCn1nnnc1C1CN(Cc2ccc(-n3cccn3)cc2)CCO1. The van der Waals surface area contributed by atoms with E-state index in [0.29, 0.717) is 19.8 Å². The number of ether oxygens (including phenoxy) is 2. The first-order chi connectivity index (χ1) is 13.3. The Morgan fingerprint density at radius 2 is 2.15 bits per heavy atom. The number of morpholine rings is 1. The van der Waals surface area contributed by atoms with Gasteiger partial charge in [-0.15, -0.1) is 5.10 Å². The zero-order valence-electron chi connectivity index (χ0n) is 15.3. The van der Waals surface area contributed by atoms with Gasteiger partial charge in [-0.1, -0.05) is 12.1 Å². The fraction of sp³-hybridized carbons (Fsp3) is 0.444. The third-order valence-electron chi connectivity index (χ3n) is 4.62. The molecule has 0 radical (unpaired) electrons. The first-order valence-corrected chi connectivity index (χ1v) is 9.01. The molecule has 4 rings (SSSR count). The van der Waals surface area contributed by atoms with Crippen molar-refractivity contribution in [1.82, 2.24) is 34.9 Å². The minimum atomic E-state index is -0.131. The largest absolute Gasteiger partial charge is 0.383 e. The van der Waals surface area contributed by atoms with Crippen LogP contribution in [0.5, 0.6) is 0 Å². The summed E-state index contributed by atoms with van der Waals surface area (Å²) in [5, 5.41) is 16.3. The Balaban J connectivity index is 1.39. The van der Waals surface area contributed by atoms with E-state index >= 15 is 0 Å². The van der Waals surface area contributed by atoms with Crippen LogP contribution < -0.4 is 0 Å². The van der Waals surface area contributed by atoms with Crippen LogP contribution in [0.2, 0.25) is 0 Å². The molecule has 0 amide bonds. The molecule has 27 heavy (non-hydrogen) atoms. The molecule has 0 spiro atoms. The van der Waals surface area contributed by atoms with Gasteiger partial charge in [-0.3, -0.25) is 4.90 Å². The van der Waals surface area contributed by atoms with Gasteiger partial charge >= 0.3 is 0 Å². The molecule has 1 saturated heterocycles. The van der Waals surface area contributed by atoms with Crippen LogP contribution in [0.25, 0.3) is 5.69 Å². The predicted molar refractivity (Wildman–Crippen MR) is 97.2 cm³/mol. The van der Waals surface area contributed by atoms with Crippen LogP contribution in [-0.4, -0.2) is 68.3 Å².